The number of ether oxygens (including phenoxy) is 1. The van der Waals surface area contributed by atoms with Crippen LogP contribution in [0.3, 0.4) is 0 Å². The minimum atomic E-state index is -0.205. The van der Waals surface area contributed by atoms with Gasteiger partial charge in [0.2, 0.25) is 5.91 Å². The van der Waals surface area contributed by atoms with Crippen LogP contribution in [-0.4, -0.2) is 37.5 Å². The molecule has 1 saturated carbocycles. The largest absolute Gasteiger partial charge is 0.469 e. The Morgan fingerprint density at radius 1 is 1.22 bits per heavy atom. The normalized spacial score (nSPS) is 16.3. The highest BCUT2D eigenvalue weighted by molar-refractivity contribution is 5.76. The second kappa shape index (κ2) is 8.11. The van der Waals surface area contributed by atoms with Crippen molar-refractivity contribution in [2.75, 3.05) is 20.7 Å². The molecule has 0 N–H and O–H groups in total. The molecule has 0 aromatic carbocycles. The smallest absolute Gasteiger partial charge is 0.305 e. The van der Waals surface area contributed by atoms with E-state index in [9.17, 15) is 9.59 Å². The van der Waals surface area contributed by atoms with Crippen LogP contribution in [0.5, 0.6) is 0 Å². The van der Waals surface area contributed by atoms with Gasteiger partial charge >= 0.3 is 5.97 Å². The van der Waals surface area contributed by atoms with E-state index in [1.807, 2.05) is 7.05 Å². The molecule has 1 rings (SSSR count). The zero-order valence-corrected chi connectivity index (χ0v) is 11.6. The highest BCUT2D eigenvalue weighted by Gasteiger charge is 2.19. The molecular weight excluding hydrogens is 230 g/mol. The average Bonchev–Trinajstić information content (AvgIpc) is 2.39. The summed E-state index contributed by atoms with van der Waals surface area (Å²) in [4.78, 5) is 24.7. The van der Waals surface area contributed by atoms with Crippen LogP contribution in [0.1, 0.15) is 51.4 Å². The molecule has 1 amide bonds. The summed E-state index contributed by atoms with van der Waals surface area (Å²) in [5.74, 6) is 0.587. The zero-order chi connectivity index (χ0) is 13.4. The quantitative estimate of drug-likeness (QED) is 0.685. The van der Waals surface area contributed by atoms with E-state index in [2.05, 4.69) is 4.74 Å². The first kappa shape index (κ1) is 15.0. The van der Waals surface area contributed by atoms with Crippen molar-refractivity contribution in [2.24, 2.45) is 5.92 Å². The fraction of sp³-hybridized carbons (Fsp3) is 0.857. The molecule has 4 nitrogen and oxygen atoms in total. The van der Waals surface area contributed by atoms with Gasteiger partial charge in [0.05, 0.1) is 7.11 Å². The highest BCUT2D eigenvalue weighted by atomic mass is 16.5. The number of rotatable bonds is 6. The lowest BCUT2D eigenvalue weighted by atomic mass is 9.87. The van der Waals surface area contributed by atoms with E-state index in [-0.39, 0.29) is 11.9 Å². The third kappa shape index (κ3) is 5.52. The first-order valence-corrected chi connectivity index (χ1v) is 6.94. The van der Waals surface area contributed by atoms with Gasteiger partial charge in [0.15, 0.2) is 0 Å². The van der Waals surface area contributed by atoms with Crippen LogP contribution in [-0.2, 0) is 14.3 Å². The summed E-state index contributed by atoms with van der Waals surface area (Å²) in [6.07, 6.45) is 7.99. The molecule has 0 aromatic heterocycles. The molecule has 0 radical (unpaired) electrons. The molecule has 1 fully saturated rings. The SMILES string of the molecule is COC(=O)CCCN(C)C(=O)CC1CCCCC1. The Labute approximate surface area is 110 Å². The molecular formula is C14H25NO3. The van der Waals surface area contributed by atoms with Crippen LogP contribution in [0.25, 0.3) is 0 Å². The molecule has 0 saturated heterocycles. The van der Waals surface area contributed by atoms with Gasteiger partial charge in [-0.15, -0.1) is 0 Å². The summed E-state index contributed by atoms with van der Waals surface area (Å²) in [5.41, 5.74) is 0. The Morgan fingerprint density at radius 3 is 2.50 bits per heavy atom. The van der Waals surface area contributed by atoms with Gasteiger partial charge in [0.25, 0.3) is 0 Å². The molecule has 0 aliphatic heterocycles. The number of esters is 1. The monoisotopic (exact) mass is 255 g/mol. The first-order chi connectivity index (χ1) is 8.63. The second-order valence-electron chi connectivity index (χ2n) is 5.20. The molecule has 0 spiro atoms. The zero-order valence-electron chi connectivity index (χ0n) is 11.6. The van der Waals surface area contributed by atoms with Crippen molar-refractivity contribution in [1.82, 2.24) is 4.90 Å². The maximum atomic E-state index is 12.0. The Balaban J connectivity index is 2.17. The predicted octanol–water partition coefficient (Wildman–Crippen LogP) is 2.37. The number of nitrogens with zero attached hydrogens (tertiary/aromatic N) is 1. The third-order valence-electron chi connectivity index (χ3n) is 3.72. The van der Waals surface area contributed by atoms with Crippen molar-refractivity contribution in [1.29, 1.82) is 0 Å². The van der Waals surface area contributed by atoms with Crippen molar-refractivity contribution in [3.63, 3.8) is 0 Å². The number of carbonyl (C=O) groups is 2. The number of hydrogen-bond donors (Lipinski definition) is 0. The van der Waals surface area contributed by atoms with E-state index in [4.69, 9.17) is 0 Å². The van der Waals surface area contributed by atoms with Gasteiger partial charge in [-0.05, 0) is 25.2 Å². The maximum Gasteiger partial charge on any atom is 0.305 e. The van der Waals surface area contributed by atoms with E-state index in [0.717, 1.165) is 0 Å². The molecule has 0 heterocycles. The van der Waals surface area contributed by atoms with Crippen molar-refractivity contribution in [2.45, 2.75) is 51.4 Å². The van der Waals surface area contributed by atoms with Crippen molar-refractivity contribution in [3.05, 3.63) is 0 Å². The van der Waals surface area contributed by atoms with Crippen LogP contribution in [0.15, 0.2) is 0 Å². The molecule has 0 unspecified atom stereocenters. The highest BCUT2D eigenvalue weighted by Crippen LogP contribution is 2.26. The lowest BCUT2D eigenvalue weighted by molar-refractivity contribution is -0.141. The van der Waals surface area contributed by atoms with E-state index in [1.54, 1.807) is 4.90 Å². The second-order valence-corrected chi connectivity index (χ2v) is 5.20. The number of carbonyl (C=O) groups excluding carboxylic acids is 2. The van der Waals surface area contributed by atoms with Crippen LogP contribution < -0.4 is 0 Å². The maximum absolute atomic E-state index is 12.0. The van der Waals surface area contributed by atoms with Gasteiger partial charge in [-0.2, -0.15) is 0 Å². The lowest BCUT2D eigenvalue weighted by Gasteiger charge is -2.24. The summed E-state index contributed by atoms with van der Waals surface area (Å²) in [6, 6.07) is 0. The molecule has 1 aliphatic carbocycles. The van der Waals surface area contributed by atoms with Gasteiger partial charge in [0.1, 0.15) is 0 Å². The van der Waals surface area contributed by atoms with Gasteiger partial charge in [-0.25, -0.2) is 0 Å². The Hall–Kier alpha value is -1.06. The van der Waals surface area contributed by atoms with Crippen LogP contribution >= 0.6 is 0 Å². The molecule has 0 aromatic rings. The summed E-state index contributed by atoms with van der Waals surface area (Å²) in [5, 5.41) is 0. The van der Waals surface area contributed by atoms with E-state index < -0.39 is 0 Å². The lowest BCUT2D eigenvalue weighted by Crippen LogP contribution is -2.30. The molecule has 18 heavy (non-hydrogen) atoms. The van der Waals surface area contributed by atoms with E-state index in [0.29, 0.717) is 31.7 Å². The van der Waals surface area contributed by atoms with Crippen LogP contribution in [0, 0.1) is 5.92 Å². The molecule has 1 aliphatic rings. The van der Waals surface area contributed by atoms with E-state index in [1.165, 1.54) is 39.2 Å². The van der Waals surface area contributed by atoms with Crippen molar-refractivity contribution < 1.29 is 14.3 Å². The summed E-state index contributed by atoms with van der Waals surface area (Å²) >= 11 is 0. The van der Waals surface area contributed by atoms with Gasteiger partial charge in [-0.1, -0.05) is 19.3 Å². The van der Waals surface area contributed by atoms with Crippen molar-refractivity contribution in [3.8, 4) is 0 Å². The molecule has 0 bridgehead atoms. The first-order valence-electron chi connectivity index (χ1n) is 6.94. The number of methoxy groups -OCH3 is 1. The molecule has 0 atom stereocenters. The standard InChI is InChI=1S/C14H25NO3/c1-15(10-6-9-14(17)18-2)13(16)11-12-7-4-3-5-8-12/h12H,3-11H2,1-2H3. The van der Waals surface area contributed by atoms with Crippen LogP contribution in [0.2, 0.25) is 0 Å². The van der Waals surface area contributed by atoms with E-state index >= 15 is 0 Å². The minimum absolute atomic E-state index is 0.205. The summed E-state index contributed by atoms with van der Waals surface area (Å²) in [7, 11) is 3.21. The molecule has 104 valence electrons. The van der Waals surface area contributed by atoms with Gasteiger partial charge < -0.3 is 9.64 Å². The third-order valence-corrected chi connectivity index (χ3v) is 3.72. The van der Waals surface area contributed by atoms with Crippen molar-refractivity contribution >= 4 is 11.9 Å². The summed E-state index contributed by atoms with van der Waals surface area (Å²) < 4.78 is 4.57. The van der Waals surface area contributed by atoms with Gasteiger partial charge in [-0.3, -0.25) is 9.59 Å². The Kier molecular flexibility index (Phi) is 6.76. The fourth-order valence-corrected chi connectivity index (χ4v) is 2.48. The average molecular weight is 255 g/mol. The predicted molar refractivity (Wildman–Crippen MR) is 70.1 cm³/mol. The summed E-state index contributed by atoms with van der Waals surface area (Å²) in [6.45, 7) is 0.640. The Bertz CT molecular complexity index is 272. The topological polar surface area (TPSA) is 46.6 Å². The number of amides is 1. The molecule has 4 heteroatoms. The van der Waals surface area contributed by atoms with Gasteiger partial charge in [0, 0.05) is 26.4 Å². The fourth-order valence-electron chi connectivity index (χ4n) is 2.48. The Morgan fingerprint density at radius 2 is 1.89 bits per heavy atom. The van der Waals surface area contributed by atoms with Crippen LogP contribution in [0.4, 0.5) is 0 Å². The number of hydrogen-bond acceptors (Lipinski definition) is 3. The minimum Gasteiger partial charge on any atom is -0.469 e.